The van der Waals surface area contributed by atoms with Crippen molar-refractivity contribution in [2.45, 2.75) is 12.8 Å². The molecule has 1 fully saturated rings. The van der Waals surface area contributed by atoms with E-state index in [9.17, 15) is 24.1 Å². The van der Waals surface area contributed by atoms with Crippen molar-refractivity contribution in [3.8, 4) is 0 Å². The maximum atomic E-state index is 13.1. The van der Waals surface area contributed by atoms with Crippen molar-refractivity contribution in [3.63, 3.8) is 0 Å². The maximum Gasteiger partial charge on any atom is 0.305 e. The number of nitro benzene ring substituents is 1. The number of nitrogens with zero attached hydrogens (tertiary/aromatic N) is 2. The van der Waals surface area contributed by atoms with E-state index in [1.54, 1.807) is 0 Å². The lowest BCUT2D eigenvalue weighted by molar-refractivity contribution is -0.387. The Hall–Kier alpha value is -2.31. The van der Waals surface area contributed by atoms with E-state index in [4.69, 9.17) is 0 Å². The third-order valence-corrected chi connectivity index (χ3v) is 2.71. The van der Waals surface area contributed by atoms with Crippen LogP contribution in [0.25, 0.3) is 0 Å². The molecular formula is C11H9FN2O4. The van der Waals surface area contributed by atoms with Crippen LogP contribution in [0.5, 0.6) is 0 Å². The summed E-state index contributed by atoms with van der Waals surface area (Å²) in [7, 11) is 0. The van der Waals surface area contributed by atoms with Crippen LogP contribution in [0.15, 0.2) is 18.2 Å². The highest BCUT2D eigenvalue weighted by Gasteiger charge is 2.28. The molecule has 1 heterocycles. The summed E-state index contributed by atoms with van der Waals surface area (Å²) < 4.78 is 13.1. The molecular weight excluding hydrogens is 243 g/mol. The average Bonchev–Trinajstić information content (AvgIpc) is 2.75. The molecule has 18 heavy (non-hydrogen) atoms. The Bertz CT molecular complexity index is 544. The zero-order valence-corrected chi connectivity index (χ0v) is 9.26. The summed E-state index contributed by atoms with van der Waals surface area (Å²) in [5, 5.41) is 10.6. The SMILES string of the molecule is O=C1CCCN1C(=O)c1ccc(F)c([N+](=O)[O-])c1. The standard InChI is InChI=1S/C11H9FN2O4/c12-8-4-3-7(6-9(8)14(17)18)11(16)13-5-1-2-10(13)15/h3-4,6H,1-2,5H2. The molecule has 0 aromatic heterocycles. The summed E-state index contributed by atoms with van der Waals surface area (Å²) in [6.07, 6.45) is 0.864. The summed E-state index contributed by atoms with van der Waals surface area (Å²) in [5.74, 6) is -1.95. The minimum absolute atomic E-state index is 0.0571. The number of benzene rings is 1. The number of carbonyl (C=O) groups excluding carboxylic acids is 2. The fourth-order valence-corrected chi connectivity index (χ4v) is 1.80. The van der Waals surface area contributed by atoms with Crippen molar-refractivity contribution in [1.82, 2.24) is 4.90 Å². The van der Waals surface area contributed by atoms with Gasteiger partial charge in [0, 0.05) is 24.6 Å². The van der Waals surface area contributed by atoms with Crippen LogP contribution in [0.1, 0.15) is 23.2 Å². The minimum atomic E-state index is -1.01. The molecule has 2 rings (SSSR count). The number of rotatable bonds is 2. The van der Waals surface area contributed by atoms with Gasteiger partial charge >= 0.3 is 5.69 Å². The molecule has 6 nitrogen and oxygen atoms in total. The van der Waals surface area contributed by atoms with Crippen molar-refractivity contribution < 1.29 is 18.9 Å². The topological polar surface area (TPSA) is 80.5 Å². The van der Waals surface area contributed by atoms with E-state index >= 15 is 0 Å². The van der Waals surface area contributed by atoms with Crippen molar-refractivity contribution >= 4 is 17.5 Å². The van der Waals surface area contributed by atoms with Gasteiger partial charge in [0.1, 0.15) is 0 Å². The molecule has 1 aliphatic rings. The van der Waals surface area contributed by atoms with Gasteiger partial charge in [-0.05, 0) is 18.6 Å². The van der Waals surface area contributed by atoms with Gasteiger partial charge in [0.2, 0.25) is 11.7 Å². The highest BCUT2D eigenvalue weighted by Crippen LogP contribution is 2.21. The second kappa shape index (κ2) is 4.52. The van der Waals surface area contributed by atoms with E-state index in [1.807, 2.05) is 0 Å². The molecule has 0 aliphatic carbocycles. The normalized spacial score (nSPS) is 14.9. The second-order valence-electron chi connectivity index (χ2n) is 3.88. The van der Waals surface area contributed by atoms with E-state index in [0.29, 0.717) is 13.0 Å². The Balaban J connectivity index is 2.34. The van der Waals surface area contributed by atoms with Crippen LogP contribution in [0.3, 0.4) is 0 Å². The van der Waals surface area contributed by atoms with Crippen LogP contribution in [-0.2, 0) is 4.79 Å². The van der Waals surface area contributed by atoms with E-state index < -0.39 is 22.3 Å². The van der Waals surface area contributed by atoms with Gasteiger partial charge in [-0.15, -0.1) is 0 Å². The molecule has 2 amide bonds. The Morgan fingerprint density at radius 3 is 2.72 bits per heavy atom. The average molecular weight is 252 g/mol. The fraction of sp³-hybridized carbons (Fsp3) is 0.273. The Morgan fingerprint density at radius 1 is 1.44 bits per heavy atom. The van der Waals surface area contributed by atoms with Crippen LogP contribution in [0.2, 0.25) is 0 Å². The molecule has 0 N–H and O–H groups in total. The number of imide groups is 1. The molecule has 0 spiro atoms. The molecule has 0 radical (unpaired) electrons. The smallest absolute Gasteiger partial charge is 0.278 e. The van der Waals surface area contributed by atoms with Crippen molar-refractivity contribution in [2.24, 2.45) is 0 Å². The lowest BCUT2D eigenvalue weighted by Crippen LogP contribution is -2.31. The molecule has 7 heteroatoms. The van der Waals surface area contributed by atoms with Gasteiger partial charge < -0.3 is 0 Å². The monoisotopic (exact) mass is 252 g/mol. The molecule has 0 bridgehead atoms. The van der Waals surface area contributed by atoms with Crippen LogP contribution >= 0.6 is 0 Å². The van der Waals surface area contributed by atoms with E-state index in [0.717, 1.165) is 23.1 Å². The van der Waals surface area contributed by atoms with E-state index in [1.165, 1.54) is 0 Å². The van der Waals surface area contributed by atoms with Crippen molar-refractivity contribution in [2.75, 3.05) is 6.54 Å². The zero-order chi connectivity index (χ0) is 13.3. The second-order valence-corrected chi connectivity index (χ2v) is 3.88. The van der Waals surface area contributed by atoms with Crippen LogP contribution in [0.4, 0.5) is 10.1 Å². The molecule has 1 aromatic rings. The van der Waals surface area contributed by atoms with Crippen LogP contribution in [-0.4, -0.2) is 28.2 Å². The predicted octanol–water partition coefficient (Wildman–Crippen LogP) is 1.50. The first-order valence-electron chi connectivity index (χ1n) is 5.29. The Labute approximate surface area is 101 Å². The molecule has 94 valence electrons. The Kier molecular flexibility index (Phi) is 3.05. The van der Waals surface area contributed by atoms with Crippen LogP contribution in [0, 0.1) is 15.9 Å². The first kappa shape index (κ1) is 12.2. The number of amides is 2. The summed E-state index contributed by atoms with van der Waals surface area (Å²) in [5.41, 5.74) is -0.828. The largest absolute Gasteiger partial charge is 0.305 e. The van der Waals surface area contributed by atoms with Gasteiger partial charge in [0.25, 0.3) is 5.91 Å². The lowest BCUT2D eigenvalue weighted by Gasteiger charge is -2.13. The van der Waals surface area contributed by atoms with Gasteiger partial charge in [-0.1, -0.05) is 0 Å². The summed E-state index contributed by atoms with van der Waals surface area (Å²) in [6.45, 7) is 0.294. The van der Waals surface area contributed by atoms with E-state index in [2.05, 4.69) is 0 Å². The fourth-order valence-electron chi connectivity index (χ4n) is 1.80. The maximum absolute atomic E-state index is 13.1. The number of nitro groups is 1. The summed E-state index contributed by atoms with van der Waals surface area (Å²) in [4.78, 5) is 34.0. The van der Waals surface area contributed by atoms with E-state index in [-0.39, 0.29) is 17.9 Å². The number of likely N-dealkylation sites (tertiary alicyclic amines) is 1. The summed E-state index contributed by atoms with van der Waals surface area (Å²) in [6, 6.07) is 2.84. The molecule has 1 aliphatic heterocycles. The molecule has 0 saturated carbocycles. The van der Waals surface area contributed by atoms with Gasteiger partial charge in [-0.25, -0.2) is 0 Å². The Morgan fingerprint density at radius 2 is 2.17 bits per heavy atom. The highest BCUT2D eigenvalue weighted by molar-refractivity contribution is 6.05. The lowest BCUT2D eigenvalue weighted by atomic mass is 10.1. The summed E-state index contributed by atoms with van der Waals surface area (Å²) >= 11 is 0. The molecule has 0 atom stereocenters. The van der Waals surface area contributed by atoms with Gasteiger partial charge in [0.15, 0.2) is 0 Å². The number of hydrogen-bond acceptors (Lipinski definition) is 4. The van der Waals surface area contributed by atoms with Crippen molar-refractivity contribution in [3.05, 3.63) is 39.7 Å². The first-order chi connectivity index (χ1) is 8.50. The number of hydrogen-bond donors (Lipinski definition) is 0. The van der Waals surface area contributed by atoms with Gasteiger partial charge in [-0.2, -0.15) is 4.39 Å². The third-order valence-electron chi connectivity index (χ3n) is 2.71. The van der Waals surface area contributed by atoms with Gasteiger partial charge in [0.05, 0.1) is 4.92 Å². The number of halogens is 1. The minimum Gasteiger partial charge on any atom is -0.278 e. The predicted molar refractivity (Wildman–Crippen MR) is 58.3 cm³/mol. The number of carbonyl (C=O) groups is 2. The van der Waals surface area contributed by atoms with Crippen molar-refractivity contribution in [1.29, 1.82) is 0 Å². The highest BCUT2D eigenvalue weighted by atomic mass is 19.1. The third kappa shape index (κ3) is 2.06. The molecule has 0 unspecified atom stereocenters. The first-order valence-corrected chi connectivity index (χ1v) is 5.29. The van der Waals surface area contributed by atoms with Crippen LogP contribution < -0.4 is 0 Å². The zero-order valence-electron chi connectivity index (χ0n) is 9.26. The van der Waals surface area contributed by atoms with Gasteiger partial charge in [-0.3, -0.25) is 24.6 Å². The quantitative estimate of drug-likeness (QED) is 0.453. The molecule has 1 aromatic carbocycles. The molecule has 1 saturated heterocycles.